The second-order valence-electron chi connectivity index (χ2n) is 9.24. The van der Waals surface area contributed by atoms with E-state index in [2.05, 4.69) is 58.9 Å². The number of hydroxylamine groups is 1. The molecule has 7 nitrogen and oxygen atoms in total. The zero-order valence-corrected chi connectivity index (χ0v) is 21.1. The number of methoxy groups -OCH3 is 1. The Morgan fingerprint density at radius 2 is 1.60 bits per heavy atom. The lowest BCUT2D eigenvalue weighted by Crippen LogP contribution is -2.37. The van der Waals surface area contributed by atoms with Crippen molar-refractivity contribution in [2.45, 2.75) is 51.2 Å². The van der Waals surface area contributed by atoms with Gasteiger partial charge in [0.25, 0.3) is 0 Å². The lowest BCUT2D eigenvalue weighted by Gasteiger charge is -2.26. The third kappa shape index (κ3) is 10.1. The van der Waals surface area contributed by atoms with Crippen molar-refractivity contribution < 1.29 is 24.2 Å². The third-order valence-electron chi connectivity index (χ3n) is 6.31. The number of aliphatic hydroxyl groups is 1. The molecule has 1 heterocycles. The average molecular weight is 485 g/mol. The highest BCUT2D eigenvalue weighted by molar-refractivity contribution is 5.74. The van der Waals surface area contributed by atoms with E-state index in [4.69, 9.17) is 14.3 Å². The van der Waals surface area contributed by atoms with Gasteiger partial charge in [-0.3, -0.25) is 14.5 Å². The minimum atomic E-state index is -0.526. The maximum Gasteiger partial charge on any atom is 0.243 e. The molecule has 2 aromatic carbocycles. The van der Waals surface area contributed by atoms with Crippen molar-refractivity contribution in [3.05, 3.63) is 59.7 Å². The molecule has 1 fully saturated rings. The van der Waals surface area contributed by atoms with Gasteiger partial charge in [0.2, 0.25) is 5.91 Å². The molecular weight excluding hydrogens is 444 g/mol. The van der Waals surface area contributed by atoms with Crippen LogP contribution in [0.5, 0.6) is 0 Å². The van der Waals surface area contributed by atoms with Crippen LogP contribution in [0.25, 0.3) is 11.1 Å². The number of nitrogens with zero attached hydrogens (tertiary/aromatic N) is 1. The van der Waals surface area contributed by atoms with E-state index in [0.29, 0.717) is 19.4 Å². The summed E-state index contributed by atoms with van der Waals surface area (Å²) in [5.41, 5.74) is 7.34. The first kappa shape index (κ1) is 27.3. The molecule has 0 aromatic heterocycles. The first-order valence-corrected chi connectivity index (χ1v) is 12.6. The van der Waals surface area contributed by atoms with E-state index in [-0.39, 0.29) is 18.4 Å². The smallest absolute Gasteiger partial charge is 0.243 e. The number of hydrogen-bond donors (Lipinski definition) is 2. The first-order valence-electron chi connectivity index (χ1n) is 12.6. The SMILES string of the molecule is COC[C@@H](C)ONC(=O)CC[C@H](O)CCc1ccc(-c2ccc(CCN3CCOCC3)cc2)cc1. The van der Waals surface area contributed by atoms with Crippen LogP contribution in [-0.4, -0.2) is 74.7 Å². The van der Waals surface area contributed by atoms with Crippen molar-refractivity contribution in [2.75, 3.05) is 46.6 Å². The second kappa shape index (κ2) is 15.0. The van der Waals surface area contributed by atoms with E-state index in [1.54, 1.807) is 7.11 Å². The highest BCUT2D eigenvalue weighted by Gasteiger charge is 2.11. The number of rotatable bonds is 14. The van der Waals surface area contributed by atoms with E-state index in [0.717, 1.165) is 45.7 Å². The molecule has 1 amide bonds. The molecule has 1 aliphatic rings. The van der Waals surface area contributed by atoms with E-state index in [9.17, 15) is 9.90 Å². The fourth-order valence-corrected chi connectivity index (χ4v) is 4.10. The van der Waals surface area contributed by atoms with Crippen molar-refractivity contribution >= 4 is 5.91 Å². The molecule has 192 valence electrons. The lowest BCUT2D eigenvalue weighted by atomic mass is 9.99. The van der Waals surface area contributed by atoms with E-state index in [1.165, 1.54) is 22.3 Å². The topological polar surface area (TPSA) is 80.3 Å². The van der Waals surface area contributed by atoms with Gasteiger partial charge < -0.3 is 14.6 Å². The maximum absolute atomic E-state index is 11.8. The summed E-state index contributed by atoms with van der Waals surface area (Å²) < 4.78 is 10.4. The first-order chi connectivity index (χ1) is 17.0. The van der Waals surface area contributed by atoms with Gasteiger partial charge in [0, 0.05) is 33.2 Å². The summed E-state index contributed by atoms with van der Waals surface area (Å²) in [6.07, 6.45) is 2.34. The van der Waals surface area contributed by atoms with Crippen LogP contribution in [0, 0.1) is 0 Å². The Morgan fingerprint density at radius 1 is 1.00 bits per heavy atom. The number of nitrogens with one attached hydrogen (secondary N) is 1. The van der Waals surface area contributed by atoms with Crippen LogP contribution >= 0.6 is 0 Å². The van der Waals surface area contributed by atoms with Crippen LogP contribution in [0.2, 0.25) is 0 Å². The van der Waals surface area contributed by atoms with Crippen LogP contribution in [0.3, 0.4) is 0 Å². The minimum Gasteiger partial charge on any atom is -0.393 e. The number of carbonyl (C=O) groups excluding carboxylic acids is 1. The molecule has 0 bridgehead atoms. The number of aliphatic hydroxyl groups excluding tert-OH is 1. The van der Waals surface area contributed by atoms with Crippen LogP contribution in [0.4, 0.5) is 0 Å². The number of aryl methyl sites for hydroxylation is 1. The Labute approximate surface area is 209 Å². The number of amides is 1. The summed E-state index contributed by atoms with van der Waals surface area (Å²) in [5, 5.41) is 10.3. The summed E-state index contributed by atoms with van der Waals surface area (Å²) >= 11 is 0. The molecule has 0 unspecified atom stereocenters. The molecule has 2 aromatic rings. The predicted molar refractivity (Wildman–Crippen MR) is 137 cm³/mol. The standard InChI is InChI=1S/C28H40N2O5/c1-22(21-33-2)35-29-28(32)14-13-27(31)12-7-23-3-8-25(9-4-23)26-10-5-24(6-11-26)15-16-30-17-19-34-20-18-30/h3-6,8-11,22,27,31H,7,12-21H2,1-2H3,(H,29,32)/t22-,27-/m1/s1. The average Bonchev–Trinajstić information content (AvgIpc) is 2.90. The molecule has 1 saturated heterocycles. The molecule has 7 heteroatoms. The largest absolute Gasteiger partial charge is 0.393 e. The van der Waals surface area contributed by atoms with Gasteiger partial charge in [-0.1, -0.05) is 48.5 Å². The van der Waals surface area contributed by atoms with Crippen LogP contribution in [0.1, 0.15) is 37.3 Å². The van der Waals surface area contributed by atoms with Gasteiger partial charge in [0.05, 0.1) is 25.9 Å². The summed E-state index contributed by atoms with van der Waals surface area (Å²) in [7, 11) is 1.58. The van der Waals surface area contributed by atoms with Crippen molar-refractivity contribution in [1.29, 1.82) is 0 Å². The fraction of sp³-hybridized carbons (Fsp3) is 0.536. The fourth-order valence-electron chi connectivity index (χ4n) is 4.10. The second-order valence-corrected chi connectivity index (χ2v) is 9.24. The van der Waals surface area contributed by atoms with Crippen LogP contribution in [0.15, 0.2) is 48.5 Å². The molecule has 2 atom stereocenters. The highest BCUT2D eigenvalue weighted by atomic mass is 16.7. The Hall–Kier alpha value is -2.29. The highest BCUT2D eigenvalue weighted by Crippen LogP contribution is 2.21. The quantitative estimate of drug-likeness (QED) is 0.400. The van der Waals surface area contributed by atoms with Gasteiger partial charge in [-0.15, -0.1) is 0 Å². The van der Waals surface area contributed by atoms with Crippen LogP contribution in [-0.2, 0) is 31.9 Å². The zero-order chi connectivity index (χ0) is 24.9. The maximum atomic E-state index is 11.8. The van der Waals surface area contributed by atoms with E-state index in [1.807, 2.05) is 6.92 Å². The molecule has 2 N–H and O–H groups in total. The van der Waals surface area contributed by atoms with E-state index >= 15 is 0 Å². The normalized spacial score (nSPS) is 16.1. The summed E-state index contributed by atoms with van der Waals surface area (Å²) in [4.78, 5) is 19.5. The Morgan fingerprint density at radius 3 is 2.20 bits per heavy atom. The molecule has 3 rings (SSSR count). The Bertz CT molecular complexity index is 866. The number of morpholine rings is 1. The molecule has 0 saturated carbocycles. The van der Waals surface area contributed by atoms with E-state index < -0.39 is 6.10 Å². The summed E-state index contributed by atoms with van der Waals surface area (Å²) in [6, 6.07) is 17.3. The van der Waals surface area contributed by atoms with Gasteiger partial charge in [-0.25, -0.2) is 5.48 Å². The van der Waals surface area contributed by atoms with Gasteiger partial charge in [-0.2, -0.15) is 0 Å². The predicted octanol–water partition coefficient (Wildman–Crippen LogP) is 3.38. The molecule has 0 spiro atoms. The van der Waals surface area contributed by atoms with Gasteiger partial charge in [0.15, 0.2) is 0 Å². The van der Waals surface area contributed by atoms with Gasteiger partial charge in [0.1, 0.15) is 6.10 Å². The number of hydrogen-bond acceptors (Lipinski definition) is 6. The monoisotopic (exact) mass is 484 g/mol. The minimum absolute atomic E-state index is 0.213. The molecule has 0 aliphatic carbocycles. The van der Waals surface area contributed by atoms with Gasteiger partial charge >= 0.3 is 0 Å². The molecule has 1 aliphatic heterocycles. The third-order valence-corrected chi connectivity index (χ3v) is 6.31. The zero-order valence-electron chi connectivity index (χ0n) is 21.1. The molecule has 35 heavy (non-hydrogen) atoms. The Kier molecular flexibility index (Phi) is 11.7. The van der Waals surface area contributed by atoms with Crippen molar-refractivity contribution in [3.8, 4) is 11.1 Å². The summed E-state index contributed by atoms with van der Waals surface area (Å²) in [6.45, 7) is 7.04. The Balaban J connectivity index is 1.36. The van der Waals surface area contributed by atoms with Crippen molar-refractivity contribution in [2.24, 2.45) is 0 Å². The number of carbonyl (C=O) groups is 1. The van der Waals surface area contributed by atoms with Crippen molar-refractivity contribution in [1.82, 2.24) is 10.4 Å². The van der Waals surface area contributed by atoms with Gasteiger partial charge in [-0.05, 0) is 54.9 Å². The number of benzene rings is 2. The molecular formula is C28H40N2O5. The lowest BCUT2D eigenvalue weighted by molar-refractivity contribution is -0.140. The van der Waals surface area contributed by atoms with Crippen molar-refractivity contribution in [3.63, 3.8) is 0 Å². The number of ether oxygens (including phenoxy) is 2. The summed E-state index contributed by atoms with van der Waals surface area (Å²) in [5.74, 6) is -0.233. The van der Waals surface area contributed by atoms with Crippen LogP contribution < -0.4 is 5.48 Å². The molecule has 0 radical (unpaired) electrons.